The summed E-state index contributed by atoms with van der Waals surface area (Å²) in [5, 5.41) is 0. The molecule has 0 fully saturated rings. The Labute approximate surface area is 80.4 Å². The van der Waals surface area contributed by atoms with Crippen LogP contribution in [0.4, 0.5) is 5.82 Å². The van der Waals surface area contributed by atoms with E-state index in [1.165, 1.54) is 6.33 Å². The first kappa shape index (κ1) is 8.31. The maximum absolute atomic E-state index is 5.62. The third-order valence-corrected chi connectivity index (χ3v) is 1.97. The van der Waals surface area contributed by atoms with E-state index in [1.807, 2.05) is 4.57 Å². The number of nitrogen functional groups attached to an aromatic ring is 1. The van der Waals surface area contributed by atoms with Crippen molar-refractivity contribution in [2.24, 2.45) is 0 Å². The quantitative estimate of drug-likeness (QED) is 0.678. The Balaban J connectivity index is 2.61. The minimum Gasteiger partial charge on any atom is -0.382 e. The summed E-state index contributed by atoms with van der Waals surface area (Å²) in [5.74, 6) is 1.16. The van der Waals surface area contributed by atoms with Crippen LogP contribution in [-0.4, -0.2) is 25.3 Å². The summed E-state index contributed by atoms with van der Waals surface area (Å²) < 4.78 is 1.90. The van der Waals surface area contributed by atoms with Gasteiger partial charge in [-0.3, -0.25) is 0 Å². The largest absolute Gasteiger partial charge is 0.382 e. The number of hydrogen-bond donors (Lipinski definition) is 2. The molecule has 2 aromatic heterocycles. The lowest BCUT2D eigenvalue weighted by molar-refractivity contribution is 0.788. The molecule has 13 heavy (non-hydrogen) atoms. The highest BCUT2D eigenvalue weighted by Crippen LogP contribution is 2.13. The van der Waals surface area contributed by atoms with Gasteiger partial charge >= 0.3 is 0 Å². The average molecular weight is 195 g/mol. The van der Waals surface area contributed by atoms with Crippen molar-refractivity contribution in [2.45, 2.75) is 6.54 Å². The third kappa shape index (κ3) is 1.33. The average Bonchev–Trinajstić information content (AvgIpc) is 2.51. The summed E-state index contributed by atoms with van der Waals surface area (Å²) in [6.45, 7) is 0.774. The molecule has 0 aromatic carbocycles. The summed E-state index contributed by atoms with van der Waals surface area (Å²) in [6, 6.07) is 0. The van der Waals surface area contributed by atoms with Crippen LogP contribution < -0.4 is 5.73 Å². The van der Waals surface area contributed by atoms with Crippen molar-refractivity contribution in [1.29, 1.82) is 0 Å². The maximum Gasteiger partial charge on any atom is 0.165 e. The molecule has 0 saturated heterocycles. The number of anilines is 1. The molecule has 0 bridgehead atoms. The zero-order valence-corrected chi connectivity index (χ0v) is 7.78. The number of hydrogen-bond acceptors (Lipinski definition) is 5. The van der Waals surface area contributed by atoms with Gasteiger partial charge in [-0.25, -0.2) is 15.0 Å². The predicted octanol–water partition coefficient (Wildman–Crippen LogP) is 0.338. The molecule has 0 radical (unpaired) electrons. The molecule has 2 heterocycles. The topological polar surface area (TPSA) is 69.6 Å². The normalized spacial score (nSPS) is 10.8. The summed E-state index contributed by atoms with van der Waals surface area (Å²) >= 11 is 4.14. The molecule has 68 valence electrons. The minimum atomic E-state index is 0.419. The van der Waals surface area contributed by atoms with E-state index in [-0.39, 0.29) is 0 Å². The van der Waals surface area contributed by atoms with Crippen molar-refractivity contribution in [3.8, 4) is 0 Å². The fourth-order valence-electron chi connectivity index (χ4n) is 1.17. The summed E-state index contributed by atoms with van der Waals surface area (Å²) in [4.78, 5) is 12.1. The first-order valence-electron chi connectivity index (χ1n) is 3.85. The highest BCUT2D eigenvalue weighted by Gasteiger charge is 2.05. The standard InChI is InChI=1S/C7H9N5S/c8-6-5-7(10-3-9-6)12(1-2-13)4-11-5/h3-4,13H,1-2H2,(H2,8,9,10). The molecule has 0 atom stereocenters. The second kappa shape index (κ2) is 3.21. The number of rotatable bonds is 2. The number of aryl methyl sites for hydroxylation is 1. The molecule has 0 saturated carbocycles. The number of thiol groups is 1. The second-order valence-electron chi connectivity index (χ2n) is 2.59. The molecule has 2 N–H and O–H groups in total. The van der Waals surface area contributed by atoms with Crippen LogP contribution in [0.5, 0.6) is 0 Å². The maximum atomic E-state index is 5.62. The minimum absolute atomic E-state index is 0.419. The van der Waals surface area contributed by atoms with Crippen molar-refractivity contribution < 1.29 is 0 Å². The first-order valence-corrected chi connectivity index (χ1v) is 4.48. The van der Waals surface area contributed by atoms with Crippen LogP contribution >= 0.6 is 12.6 Å². The molecular weight excluding hydrogens is 186 g/mol. The van der Waals surface area contributed by atoms with Gasteiger partial charge in [0, 0.05) is 12.3 Å². The third-order valence-electron chi connectivity index (χ3n) is 1.77. The lowest BCUT2D eigenvalue weighted by atomic mass is 10.5. The van der Waals surface area contributed by atoms with Crippen LogP contribution in [0.3, 0.4) is 0 Å². The van der Waals surface area contributed by atoms with E-state index in [4.69, 9.17) is 5.73 Å². The van der Waals surface area contributed by atoms with Crippen LogP contribution in [0.2, 0.25) is 0 Å². The van der Waals surface area contributed by atoms with Gasteiger partial charge in [0.05, 0.1) is 6.33 Å². The Morgan fingerprint density at radius 2 is 2.23 bits per heavy atom. The van der Waals surface area contributed by atoms with Gasteiger partial charge in [-0.2, -0.15) is 12.6 Å². The van der Waals surface area contributed by atoms with E-state index < -0.39 is 0 Å². The van der Waals surface area contributed by atoms with Crippen molar-refractivity contribution in [3.05, 3.63) is 12.7 Å². The van der Waals surface area contributed by atoms with Crippen molar-refractivity contribution in [3.63, 3.8) is 0 Å². The number of nitrogens with zero attached hydrogens (tertiary/aromatic N) is 4. The molecule has 6 heteroatoms. The first-order chi connectivity index (χ1) is 6.33. The zero-order valence-electron chi connectivity index (χ0n) is 6.88. The van der Waals surface area contributed by atoms with Gasteiger partial charge in [0.1, 0.15) is 11.8 Å². The number of imidazole rings is 1. The molecule has 0 unspecified atom stereocenters. The van der Waals surface area contributed by atoms with Gasteiger partial charge in [-0.15, -0.1) is 0 Å². The highest BCUT2D eigenvalue weighted by atomic mass is 32.1. The van der Waals surface area contributed by atoms with Crippen molar-refractivity contribution in [2.75, 3.05) is 11.5 Å². The van der Waals surface area contributed by atoms with E-state index >= 15 is 0 Å². The fraction of sp³-hybridized carbons (Fsp3) is 0.286. The van der Waals surface area contributed by atoms with Crippen LogP contribution in [-0.2, 0) is 6.54 Å². The lowest BCUT2D eigenvalue weighted by Gasteiger charge is -1.99. The Kier molecular flexibility index (Phi) is 2.05. The van der Waals surface area contributed by atoms with E-state index in [9.17, 15) is 0 Å². The fourth-order valence-corrected chi connectivity index (χ4v) is 1.39. The molecule has 0 aliphatic rings. The molecule has 0 amide bonds. The summed E-state index contributed by atoms with van der Waals surface area (Å²) in [6.07, 6.45) is 3.14. The van der Waals surface area contributed by atoms with Gasteiger partial charge in [-0.1, -0.05) is 0 Å². The Bertz CT molecular complexity index is 424. The number of nitrogens with two attached hydrogens (primary N) is 1. The summed E-state index contributed by atoms with van der Waals surface area (Å²) in [7, 11) is 0. The molecule has 2 aromatic rings. The van der Waals surface area contributed by atoms with Gasteiger partial charge in [-0.05, 0) is 0 Å². The Hall–Kier alpha value is -1.30. The second-order valence-corrected chi connectivity index (χ2v) is 3.04. The number of aromatic nitrogens is 4. The van der Waals surface area contributed by atoms with Crippen LogP contribution in [0.1, 0.15) is 0 Å². The highest BCUT2D eigenvalue weighted by molar-refractivity contribution is 7.80. The van der Waals surface area contributed by atoms with E-state index in [2.05, 4.69) is 27.6 Å². The van der Waals surface area contributed by atoms with E-state index in [1.54, 1.807) is 6.33 Å². The van der Waals surface area contributed by atoms with Crippen molar-refractivity contribution in [1.82, 2.24) is 19.5 Å². The lowest BCUT2D eigenvalue weighted by Crippen LogP contribution is -1.99. The molecule has 5 nitrogen and oxygen atoms in total. The smallest absolute Gasteiger partial charge is 0.165 e. The monoisotopic (exact) mass is 195 g/mol. The van der Waals surface area contributed by atoms with Gasteiger partial charge < -0.3 is 10.3 Å². The zero-order chi connectivity index (χ0) is 9.26. The van der Waals surface area contributed by atoms with E-state index in [0.29, 0.717) is 11.3 Å². The van der Waals surface area contributed by atoms with Crippen LogP contribution in [0, 0.1) is 0 Å². The molecule has 0 aliphatic heterocycles. The summed E-state index contributed by atoms with van der Waals surface area (Å²) in [5.41, 5.74) is 7.04. The molecule has 2 rings (SSSR count). The van der Waals surface area contributed by atoms with E-state index in [0.717, 1.165) is 17.9 Å². The molecular formula is C7H9N5S. The van der Waals surface area contributed by atoms with Gasteiger partial charge in [0.25, 0.3) is 0 Å². The predicted molar refractivity (Wildman–Crippen MR) is 53.6 cm³/mol. The molecule has 0 spiro atoms. The Morgan fingerprint density at radius 1 is 1.38 bits per heavy atom. The van der Waals surface area contributed by atoms with Crippen LogP contribution in [0.15, 0.2) is 12.7 Å². The van der Waals surface area contributed by atoms with Gasteiger partial charge in [0.2, 0.25) is 0 Å². The number of fused-ring (bicyclic) bond motifs is 1. The Morgan fingerprint density at radius 3 is 3.00 bits per heavy atom. The molecule has 0 aliphatic carbocycles. The van der Waals surface area contributed by atoms with Crippen molar-refractivity contribution >= 4 is 29.6 Å². The van der Waals surface area contributed by atoms with Gasteiger partial charge in [0.15, 0.2) is 11.5 Å². The van der Waals surface area contributed by atoms with Crippen LogP contribution in [0.25, 0.3) is 11.2 Å². The SMILES string of the molecule is Nc1ncnc2c1ncn2CCS.